The van der Waals surface area contributed by atoms with Crippen LogP contribution in [0.15, 0.2) is 41.1 Å². The molecule has 1 N–H and O–H groups in total. The van der Waals surface area contributed by atoms with Gasteiger partial charge in [0.2, 0.25) is 0 Å². The Morgan fingerprint density at radius 1 is 1.04 bits per heavy atom. The molecule has 0 spiro atoms. The zero-order valence-electron chi connectivity index (χ0n) is 16.3. The van der Waals surface area contributed by atoms with Gasteiger partial charge in [-0.05, 0) is 45.0 Å². The quantitative estimate of drug-likeness (QED) is 0.871. The van der Waals surface area contributed by atoms with E-state index in [2.05, 4.69) is 10.3 Å². The summed E-state index contributed by atoms with van der Waals surface area (Å²) in [4.78, 5) is 44.8. The molecule has 3 rings (SSSR count). The Kier molecular flexibility index (Phi) is 5.48. The second kappa shape index (κ2) is 7.84. The van der Waals surface area contributed by atoms with Gasteiger partial charge < -0.3 is 19.5 Å². The molecule has 1 aliphatic heterocycles. The molecule has 0 saturated carbocycles. The number of hydrogen-bond acceptors (Lipinski definition) is 5. The minimum Gasteiger partial charge on any atom is -0.459 e. The van der Waals surface area contributed by atoms with Crippen LogP contribution >= 0.6 is 0 Å². The van der Waals surface area contributed by atoms with Crippen LogP contribution in [0.5, 0.6) is 0 Å². The Hall–Kier alpha value is -3.16. The number of hydrogen-bond donors (Lipinski definition) is 1. The van der Waals surface area contributed by atoms with Crippen LogP contribution in [0.1, 0.15) is 52.2 Å². The summed E-state index contributed by atoms with van der Waals surface area (Å²) in [6.07, 6.45) is 2.92. The molecular formula is C20H24N4O4. The molecule has 1 saturated heterocycles. The first kappa shape index (κ1) is 19.6. The standard InChI is InChI=1S/C20H24N4O4/c1-20(2,3)22-17(25)15-13-14(6-7-21-15)18(26)23-8-10-24(11-9-23)19(27)16-5-4-12-28-16/h4-7,12-13H,8-11H2,1-3H3,(H,22,25). The van der Waals surface area contributed by atoms with Crippen LogP contribution in [-0.4, -0.2) is 64.2 Å². The molecule has 1 aliphatic rings. The van der Waals surface area contributed by atoms with Crippen molar-refractivity contribution in [2.45, 2.75) is 26.3 Å². The lowest BCUT2D eigenvalue weighted by molar-refractivity contribution is 0.0518. The molecule has 3 amide bonds. The summed E-state index contributed by atoms with van der Waals surface area (Å²) < 4.78 is 5.15. The van der Waals surface area contributed by atoms with E-state index in [9.17, 15) is 14.4 Å². The lowest BCUT2D eigenvalue weighted by atomic mass is 10.1. The normalized spacial score (nSPS) is 14.7. The summed E-state index contributed by atoms with van der Waals surface area (Å²) in [6.45, 7) is 7.31. The highest BCUT2D eigenvalue weighted by molar-refractivity contribution is 5.99. The fourth-order valence-electron chi connectivity index (χ4n) is 2.94. The van der Waals surface area contributed by atoms with Gasteiger partial charge in [-0.15, -0.1) is 0 Å². The number of aromatic nitrogens is 1. The number of carbonyl (C=O) groups excluding carboxylic acids is 3. The number of furan rings is 1. The molecule has 0 aliphatic carbocycles. The van der Waals surface area contributed by atoms with Crippen molar-refractivity contribution in [3.8, 4) is 0 Å². The average molecular weight is 384 g/mol. The second-order valence-corrected chi connectivity index (χ2v) is 7.70. The van der Waals surface area contributed by atoms with Gasteiger partial charge in [-0.2, -0.15) is 0 Å². The largest absolute Gasteiger partial charge is 0.459 e. The Balaban J connectivity index is 1.63. The highest BCUT2D eigenvalue weighted by atomic mass is 16.3. The minimum atomic E-state index is -0.393. The predicted octanol–water partition coefficient (Wildman–Crippen LogP) is 1.80. The van der Waals surface area contributed by atoms with E-state index < -0.39 is 5.54 Å². The average Bonchev–Trinajstić information content (AvgIpc) is 3.20. The van der Waals surface area contributed by atoms with Crippen LogP contribution < -0.4 is 5.32 Å². The third-order valence-electron chi connectivity index (χ3n) is 4.31. The van der Waals surface area contributed by atoms with Gasteiger partial charge in [-0.3, -0.25) is 19.4 Å². The highest BCUT2D eigenvalue weighted by Gasteiger charge is 2.27. The first-order valence-electron chi connectivity index (χ1n) is 9.15. The number of piperazine rings is 1. The van der Waals surface area contributed by atoms with Crippen molar-refractivity contribution >= 4 is 17.7 Å². The van der Waals surface area contributed by atoms with Crippen LogP contribution in [0.4, 0.5) is 0 Å². The molecule has 3 heterocycles. The van der Waals surface area contributed by atoms with Gasteiger partial charge in [0.05, 0.1) is 6.26 Å². The summed E-state index contributed by atoms with van der Waals surface area (Å²) >= 11 is 0. The van der Waals surface area contributed by atoms with Crippen LogP contribution in [-0.2, 0) is 0 Å². The van der Waals surface area contributed by atoms with Crippen molar-refractivity contribution in [1.82, 2.24) is 20.1 Å². The zero-order valence-corrected chi connectivity index (χ0v) is 16.3. The van der Waals surface area contributed by atoms with E-state index in [0.29, 0.717) is 37.5 Å². The molecule has 0 aromatic carbocycles. The molecule has 0 radical (unpaired) electrons. The predicted molar refractivity (Wildman–Crippen MR) is 102 cm³/mol. The van der Waals surface area contributed by atoms with Crippen molar-refractivity contribution in [3.63, 3.8) is 0 Å². The van der Waals surface area contributed by atoms with Crippen molar-refractivity contribution in [2.24, 2.45) is 0 Å². The number of nitrogens with one attached hydrogen (secondary N) is 1. The monoisotopic (exact) mass is 384 g/mol. The number of amides is 3. The molecule has 8 nitrogen and oxygen atoms in total. The summed E-state index contributed by atoms with van der Waals surface area (Å²) in [5.74, 6) is -0.390. The molecule has 2 aromatic heterocycles. The van der Waals surface area contributed by atoms with Gasteiger partial charge in [-0.25, -0.2) is 0 Å². The van der Waals surface area contributed by atoms with Crippen molar-refractivity contribution in [3.05, 3.63) is 53.7 Å². The number of rotatable bonds is 3. The fourth-order valence-corrected chi connectivity index (χ4v) is 2.94. The lowest BCUT2D eigenvalue weighted by Crippen LogP contribution is -2.50. The van der Waals surface area contributed by atoms with Gasteiger partial charge in [0.1, 0.15) is 5.69 Å². The Labute approximate surface area is 163 Å². The number of nitrogens with zero attached hydrogens (tertiary/aromatic N) is 3. The Morgan fingerprint density at radius 3 is 2.25 bits per heavy atom. The maximum absolute atomic E-state index is 12.8. The highest BCUT2D eigenvalue weighted by Crippen LogP contribution is 2.13. The van der Waals surface area contributed by atoms with Crippen molar-refractivity contribution in [1.29, 1.82) is 0 Å². The van der Waals surface area contributed by atoms with Gasteiger partial charge in [0.25, 0.3) is 17.7 Å². The van der Waals surface area contributed by atoms with Gasteiger partial charge in [0.15, 0.2) is 5.76 Å². The zero-order chi connectivity index (χ0) is 20.3. The Bertz CT molecular complexity index is 863. The molecule has 8 heteroatoms. The van der Waals surface area contributed by atoms with E-state index in [-0.39, 0.29) is 23.4 Å². The smallest absolute Gasteiger partial charge is 0.289 e. The van der Waals surface area contributed by atoms with Gasteiger partial charge >= 0.3 is 0 Å². The van der Waals surface area contributed by atoms with Crippen molar-refractivity contribution in [2.75, 3.05) is 26.2 Å². The summed E-state index contributed by atoms with van der Waals surface area (Å²) in [7, 11) is 0. The van der Waals surface area contributed by atoms with Crippen LogP contribution in [0.2, 0.25) is 0 Å². The Morgan fingerprint density at radius 2 is 1.68 bits per heavy atom. The maximum Gasteiger partial charge on any atom is 0.289 e. The third kappa shape index (κ3) is 4.57. The lowest BCUT2D eigenvalue weighted by Gasteiger charge is -2.34. The SMILES string of the molecule is CC(C)(C)NC(=O)c1cc(C(=O)N2CCN(C(=O)c3ccco3)CC2)ccn1. The van der Waals surface area contributed by atoms with E-state index >= 15 is 0 Å². The van der Waals surface area contributed by atoms with E-state index in [0.717, 1.165) is 0 Å². The molecule has 2 aromatic rings. The minimum absolute atomic E-state index is 0.179. The van der Waals surface area contributed by atoms with E-state index in [1.165, 1.54) is 18.5 Å². The maximum atomic E-state index is 12.8. The third-order valence-corrected chi connectivity index (χ3v) is 4.31. The molecule has 0 atom stereocenters. The molecule has 0 bridgehead atoms. The van der Waals surface area contributed by atoms with Crippen LogP contribution in [0, 0.1) is 0 Å². The molecule has 1 fully saturated rings. The first-order valence-corrected chi connectivity index (χ1v) is 9.15. The van der Waals surface area contributed by atoms with Gasteiger partial charge in [0, 0.05) is 43.5 Å². The molecule has 148 valence electrons. The molecule has 0 unspecified atom stereocenters. The summed E-state index contributed by atoms with van der Waals surface area (Å²) in [6, 6.07) is 6.39. The second-order valence-electron chi connectivity index (χ2n) is 7.70. The van der Waals surface area contributed by atoms with Crippen LogP contribution in [0.3, 0.4) is 0 Å². The molecule has 28 heavy (non-hydrogen) atoms. The summed E-state index contributed by atoms with van der Waals surface area (Å²) in [5, 5.41) is 2.83. The molecular weight excluding hydrogens is 360 g/mol. The van der Waals surface area contributed by atoms with E-state index in [1.807, 2.05) is 20.8 Å². The first-order chi connectivity index (χ1) is 13.2. The topological polar surface area (TPSA) is 95.8 Å². The summed E-state index contributed by atoms with van der Waals surface area (Å²) in [5.41, 5.74) is 0.211. The number of pyridine rings is 1. The van der Waals surface area contributed by atoms with E-state index in [1.54, 1.807) is 28.0 Å². The van der Waals surface area contributed by atoms with Gasteiger partial charge in [-0.1, -0.05) is 0 Å². The van der Waals surface area contributed by atoms with Crippen LogP contribution in [0.25, 0.3) is 0 Å². The van der Waals surface area contributed by atoms with Crippen molar-refractivity contribution < 1.29 is 18.8 Å². The number of carbonyl (C=O) groups is 3. The van der Waals surface area contributed by atoms with E-state index in [4.69, 9.17) is 4.42 Å². The fraction of sp³-hybridized carbons (Fsp3) is 0.400.